The zero-order chi connectivity index (χ0) is 18.1. The van der Waals surface area contributed by atoms with Crippen LogP contribution in [-0.4, -0.2) is 29.8 Å². The van der Waals surface area contributed by atoms with Gasteiger partial charge in [0, 0.05) is 6.08 Å². The SMILES string of the molecule is CCCCOc1ccc(C=CC(=O)Nc2nnc(CC)s2)cc1OC. The first kappa shape index (κ1) is 18.9. The van der Waals surface area contributed by atoms with Crippen LogP contribution >= 0.6 is 11.3 Å². The van der Waals surface area contributed by atoms with Gasteiger partial charge in [-0.1, -0.05) is 37.7 Å². The summed E-state index contributed by atoms with van der Waals surface area (Å²) in [4.78, 5) is 12.0. The van der Waals surface area contributed by atoms with Gasteiger partial charge in [-0.2, -0.15) is 0 Å². The molecule has 6 nitrogen and oxygen atoms in total. The molecule has 0 atom stereocenters. The lowest BCUT2D eigenvalue weighted by atomic mass is 10.2. The molecule has 134 valence electrons. The Morgan fingerprint density at radius 2 is 2.12 bits per heavy atom. The number of nitrogens with one attached hydrogen (secondary N) is 1. The topological polar surface area (TPSA) is 73.3 Å². The molecule has 7 heteroatoms. The number of aryl methyl sites for hydroxylation is 1. The number of methoxy groups -OCH3 is 1. The number of anilines is 1. The van der Waals surface area contributed by atoms with Crippen molar-refractivity contribution in [1.29, 1.82) is 0 Å². The van der Waals surface area contributed by atoms with E-state index in [1.807, 2.05) is 25.1 Å². The minimum Gasteiger partial charge on any atom is -0.493 e. The van der Waals surface area contributed by atoms with E-state index in [1.54, 1.807) is 13.2 Å². The van der Waals surface area contributed by atoms with E-state index in [1.165, 1.54) is 17.4 Å². The molecule has 25 heavy (non-hydrogen) atoms. The lowest BCUT2D eigenvalue weighted by molar-refractivity contribution is -0.111. The van der Waals surface area contributed by atoms with Crippen LogP contribution in [0.5, 0.6) is 11.5 Å². The molecule has 0 saturated heterocycles. The number of rotatable bonds is 9. The lowest BCUT2D eigenvalue weighted by Gasteiger charge is -2.10. The van der Waals surface area contributed by atoms with E-state index in [0.29, 0.717) is 23.2 Å². The van der Waals surface area contributed by atoms with E-state index in [-0.39, 0.29) is 5.91 Å². The van der Waals surface area contributed by atoms with Crippen LogP contribution in [0.25, 0.3) is 6.08 Å². The summed E-state index contributed by atoms with van der Waals surface area (Å²) in [5, 5.41) is 12.0. The molecule has 1 amide bonds. The Hall–Kier alpha value is -2.41. The fourth-order valence-electron chi connectivity index (χ4n) is 2.00. The number of unbranched alkanes of at least 4 members (excludes halogenated alkanes) is 1. The van der Waals surface area contributed by atoms with Crippen LogP contribution < -0.4 is 14.8 Å². The van der Waals surface area contributed by atoms with Crippen molar-refractivity contribution in [3.05, 3.63) is 34.8 Å². The van der Waals surface area contributed by atoms with Gasteiger partial charge in [0.2, 0.25) is 11.0 Å². The summed E-state index contributed by atoms with van der Waals surface area (Å²) in [6, 6.07) is 5.57. The van der Waals surface area contributed by atoms with Crippen LogP contribution in [0.4, 0.5) is 5.13 Å². The van der Waals surface area contributed by atoms with Gasteiger partial charge in [0.05, 0.1) is 13.7 Å². The summed E-state index contributed by atoms with van der Waals surface area (Å²) in [5.74, 6) is 1.11. The second-order valence-corrected chi connectivity index (χ2v) is 6.35. The minimum absolute atomic E-state index is 0.249. The van der Waals surface area contributed by atoms with E-state index in [4.69, 9.17) is 9.47 Å². The Bertz CT molecular complexity index is 728. The fourth-order valence-corrected chi connectivity index (χ4v) is 2.68. The first-order chi connectivity index (χ1) is 12.2. The van der Waals surface area contributed by atoms with Crippen LogP contribution in [-0.2, 0) is 11.2 Å². The van der Waals surface area contributed by atoms with Crippen LogP contribution in [0.15, 0.2) is 24.3 Å². The van der Waals surface area contributed by atoms with Gasteiger partial charge in [0.15, 0.2) is 11.5 Å². The van der Waals surface area contributed by atoms with Gasteiger partial charge in [-0.05, 0) is 36.6 Å². The van der Waals surface area contributed by atoms with Gasteiger partial charge in [0.1, 0.15) is 5.01 Å². The summed E-state index contributed by atoms with van der Waals surface area (Å²) in [7, 11) is 1.60. The zero-order valence-electron chi connectivity index (χ0n) is 14.7. The molecule has 0 bridgehead atoms. The maximum Gasteiger partial charge on any atom is 0.250 e. The van der Waals surface area contributed by atoms with Gasteiger partial charge in [-0.3, -0.25) is 10.1 Å². The molecule has 0 radical (unpaired) electrons. The highest BCUT2D eigenvalue weighted by Gasteiger charge is 2.06. The van der Waals surface area contributed by atoms with E-state index < -0.39 is 0 Å². The standard InChI is InChI=1S/C18H23N3O3S/c1-4-6-11-24-14-9-7-13(12-15(14)23-3)8-10-16(22)19-18-21-20-17(5-2)25-18/h7-10,12H,4-6,11H2,1-3H3,(H,19,21,22). The molecule has 0 spiro atoms. The lowest BCUT2D eigenvalue weighted by Crippen LogP contribution is -2.07. The van der Waals surface area contributed by atoms with Crippen molar-refractivity contribution in [2.75, 3.05) is 19.0 Å². The van der Waals surface area contributed by atoms with Crippen LogP contribution in [0.3, 0.4) is 0 Å². The van der Waals surface area contributed by atoms with Crippen LogP contribution in [0, 0.1) is 0 Å². The third-order valence-corrected chi connectivity index (χ3v) is 4.35. The molecule has 1 N–H and O–H groups in total. The molecular weight excluding hydrogens is 338 g/mol. The molecule has 1 aromatic heterocycles. The third kappa shape index (κ3) is 5.86. The molecule has 0 unspecified atom stereocenters. The van der Waals surface area contributed by atoms with E-state index in [0.717, 1.165) is 29.8 Å². The Kier molecular flexibility index (Phi) is 7.40. The molecule has 2 rings (SSSR count). The fraction of sp³-hybridized carbons (Fsp3) is 0.389. The summed E-state index contributed by atoms with van der Waals surface area (Å²) < 4.78 is 11.1. The first-order valence-corrected chi connectivity index (χ1v) is 9.10. The van der Waals surface area contributed by atoms with Gasteiger partial charge >= 0.3 is 0 Å². The molecular formula is C18H23N3O3S. The molecule has 0 saturated carbocycles. The summed E-state index contributed by atoms with van der Waals surface area (Å²) in [6.45, 7) is 4.77. The second kappa shape index (κ2) is 9.78. The molecule has 1 aromatic carbocycles. The van der Waals surface area contributed by atoms with Gasteiger partial charge < -0.3 is 9.47 Å². The van der Waals surface area contributed by atoms with Crippen molar-refractivity contribution in [2.24, 2.45) is 0 Å². The largest absolute Gasteiger partial charge is 0.493 e. The number of hydrogen-bond acceptors (Lipinski definition) is 6. The molecule has 1 heterocycles. The number of carbonyl (C=O) groups excluding carboxylic acids is 1. The average Bonchev–Trinajstić information content (AvgIpc) is 3.08. The number of benzene rings is 1. The molecule has 0 aliphatic rings. The van der Waals surface area contributed by atoms with Crippen molar-refractivity contribution < 1.29 is 14.3 Å². The Morgan fingerprint density at radius 3 is 2.80 bits per heavy atom. The van der Waals surface area contributed by atoms with Crippen molar-refractivity contribution in [2.45, 2.75) is 33.1 Å². The maximum absolute atomic E-state index is 12.0. The Labute approximate surface area is 151 Å². The van der Waals surface area contributed by atoms with Crippen molar-refractivity contribution in [1.82, 2.24) is 10.2 Å². The number of hydrogen-bond donors (Lipinski definition) is 1. The minimum atomic E-state index is -0.249. The smallest absolute Gasteiger partial charge is 0.250 e. The van der Waals surface area contributed by atoms with Gasteiger partial charge in [-0.15, -0.1) is 10.2 Å². The van der Waals surface area contributed by atoms with Gasteiger partial charge in [-0.25, -0.2) is 0 Å². The molecule has 0 aliphatic carbocycles. The number of carbonyl (C=O) groups is 1. The summed E-state index contributed by atoms with van der Waals surface area (Å²) in [5.41, 5.74) is 0.848. The highest BCUT2D eigenvalue weighted by Crippen LogP contribution is 2.28. The predicted octanol–water partition coefficient (Wildman–Crippen LogP) is 3.94. The Morgan fingerprint density at radius 1 is 1.28 bits per heavy atom. The number of nitrogens with zero attached hydrogens (tertiary/aromatic N) is 2. The number of ether oxygens (including phenoxy) is 2. The molecule has 2 aromatic rings. The zero-order valence-corrected chi connectivity index (χ0v) is 15.6. The van der Waals surface area contributed by atoms with Crippen LogP contribution in [0.2, 0.25) is 0 Å². The quantitative estimate of drug-likeness (QED) is 0.541. The number of amides is 1. The predicted molar refractivity (Wildman–Crippen MR) is 100 cm³/mol. The third-order valence-electron chi connectivity index (χ3n) is 3.37. The summed E-state index contributed by atoms with van der Waals surface area (Å²) in [6.07, 6.45) is 6.05. The molecule has 0 fully saturated rings. The Balaban J connectivity index is 1.98. The summed E-state index contributed by atoms with van der Waals surface area (Å²) >= 11 is 1.38. The van der Waals surface area contributed by atoms with E-state index >= 15 is 0 Å². The van der Waals surface area contributed by atoms with E-state index in [2.05, 4.69) is 22.4 Å². The van der Waals surface area contributed by atoms with Crippen LogP contribution in [0.1, 0.15) is 37.3 Å². The highest BCUT2D eigenvalue weighted by atomic mass is 32.1. The van der Waals surface area contributed by atoms with Gasteiger partial charge in [0.25, 0.3) is 0 Å². The normalized spacial score (nSPS) is 10.8. The monoisotopic (exact) mass is 361 g/mol. The maximum atomic E-state index is 12.0. The number of aromatic nitrogens is 2. The second-order valence-electron chi connectivity index (χ2n) is 5.29. The molecule has 0 aliphatic heterocycles. The first-order valence-electron chi connectivity index (χ1n) is 8.28. The van der Waals surface area contributed by atoms with Crippen molar-refractivity contribution >= 4 is 28.5 Å². The average molecular weight is 361 g/mol. The van der Waals surface area contributed by atoms with Crippen molar-refractivity contribution in [3.8, 4) is 11.5 Å². The van der Waals surface area contributed by atoms with E-state index in [9.17, 15) is 4.79 Å². The highest BCUT2D eigenvalue weighted by molar-refractivity contribution is 7.15. The van der Waals surface area contributed by atoms with Crippen molar-refractivity contribution in [3.63, 3.8) is 0 Å².